The van der Waals surface area contributed by atoms with E-state index in [0.29, 0.717) is 18.6 Å². The molecule has 1 unspecified atom stereocenters. The minimum absolute atomic E-state index is 0.0331. The summed E-state index contributed by atoms with van der Waals surface area (Å²) in [6, 6.07) is 1.35. The van der Waals surface area contributed by atoms with Gasteiger partial charge in [-0.2, -0.15) is 26.3 Å². The maximum atomic E-state index is 13.3. The highest BCUT2D eigenvalue weighted by Gasteiger charge is 2.43. The molecule has 0 aliphatic heterocycles. The zero-order chi connectivity index (χ0) is 23.7. The van der Waals surface area contributed by atoms with Gasteiger partial charge in [0.1, 0.15) is 0 Å². The van der Waals surface area contributed by atoms with Gasteiger partial charge in [0, 0.05) is 13.2 Å². The SMILES string of the molecule is CCCCCCCCC(c1cc(C(F)(F)F)cc(C(F)(F)F)c1)C(O)(OCC)OCC. The third kappa shape index (κ3) is 8.61. The summed E-state index contributed by atoms with van der Waals surface area (Å²) in [7, 11) is 0. The summed E-state index contributed by atoms with van der Waals surface area (Å²) in [6.45, 7) is 5.10. The molecular weight excluding hydrogens is 426 g/mol. The van der Waals surface area contributed by atoms with Gasteiger partial charge in [-0.3, -0.25) is 0 Å². The van der Waals surface area contributed by atoms with Crippen molar-refractivity contribution in [3.8, 4) is 0 Å². The second-order valence-electron chi connectivity index (χ2n) is 7.44. The molecule has 0 aliphatic carbocycles. The van der Waals surface area contributed by atoms with Crippen molar-refractivity contribution in [2.75, 3.05) is 13.2 Å². The van der Waals surface area contributed by atoms with E-state index in [1.165, 1.54) is 0 Å². The lowest BCUT2D eigenvalue weighted by molar-refractivity contribution is -0.370. The summed E-state index contributed by atoms with van der Waals surface area (Å²) >= 11 is 0. The normalized spacial score (nSPS) is 14.1. The zero-order valence-corrected chi connectivity index (χ0v) is 18.2. The highest BCUT2D eigenvalue weighted by molar-refractivity contribution is 5.36. The fraction of sp³-hybridized carbons (Fsp3) is 0.727. The maximum absolute atomic E-state index is 13.3. The average Bonchev–Trinajstić information content (AvgIpc) is 2.66. The molecule has 1 atom stereocenters. The van der Waals surface area contributed by atoms with E-state index < -0.39 is 35.4 Å². The van der Waals surface area contributed by atoms with Crippen LogP contribution in [0.1, 0.15) is 88.3 Å². The molecule has 0 spiro atoms. The molecule has 0 saturated carbocycles. The first kappa shape index (κ1) is 27.7. The Labute approximate surface area is 179 Å². The lowest BCUT2D eigenvalue weighted by Gasteiger charge is -2.36. The summed E-state index contributed by atoms with van der Waals surface area (Å²) in [4.78, 5) is 0. The van der Waals surface area contributed by atoms with E-state index in [1.54, 1.807) is 13.8 Å². The number of aliphatic hydroxyl groups is 1. The van der Waals surface area contributed by atoms with Gasteiger partial charge in [-0.1, -0.05) is 45.4 Å². The molecule has 9 heteroatoms. The molecular formula is C22H32F6O3. The van der Waals surface area contributed by atoms with E-state index in [1.807, 2.05) is 0 Å². The number of hydrogen-bond donors (Lipinski definition) is 1. The fourth-order valence-corrected chi connectivity index (χ4v) is 3.53. The quantitative estimate of drug-likeness (QED) is 0.192. The minimum atomic E-state index is -4.98. The van der Waals surface area contributed by atoms with Crippen LogP contribution in [-0.4, -0.2) is 24.3 Å². The van der Waals surface area contributed by atoms with E-state index in [9.17, 15) is 31.4 Å². The summed E-state index contributed by atoms with van der Waals surface area (Å²) < 4.78 is 90.6. The summed E-state index contributed by atoms with van der Waals surface area (Å²) in [5, 5.41) is 10.9. The molecule has 0 saturated heterocycles. The molecule has 0 fully saturated rings. The molecule has 0 heterocycles. The standard InChI is InChI=1S/C22H32F6O3/c1-4-7-8-9-10-11-12-19(22(29,30-5-2)31-6-3)16-13-17(20(23,24)25)15-18(14-16)21(26,27)28/h13-15,19,29H,4-12H2,1-3H3. The predicted molar refractivity (Wildman–Crippen MR) is 105 cm³/mol. The average molecular weight is 458 g/mol. The molecule has 0 aromatic heterocycles. The van der Waals surface area contributed by atoms with Crippen LogP contribution in [0.2, 0.25) is 0 Å². The number of unbranched alkanes of at least 4 members (excludes halogenated alkanes) is 5. The largest absolute Gasteiger partial charge is 0.416 e. The smallest absolute Gasteiger partial charge is 0.343 e. The van der Waals surface area contributed by atoms with Crippen LogP contribution in [0.15, 0.2) is 18.2 Å². The Balaban J connectivity index is 3.38. The van der Waals surface area contributed by atoms with Crippen LogP contribution in [0.25, 0.3) is 0 Å². The monoisotopic (exact) mass is 458 g/mol. The van der Waals surface area contributed by atoms with Gasteiger partial charge in [0.15, 0.2) is 0 Å². The third-order valence-corrected chi connectivity index (χ3v) is 5.00. The number of rotatable bonds is 13. The second-order valence-corrected chi connectivity index (χ2v) is 7.44. The lowest BCUT2D eigenvalue weighted by Crippen LogP contribution is -2.42. The zero-order valence-electron chi connectivity index (χ0n) is 18.2. The minimum Gasteiger partial charge on any atom is -0.343 e. The van der Waals surface area contributed by atoms with Gasteiger partial charge in [0.25, 0.3) is 5.97 Å². The molecule has 180 valence electrons. The van der Waals surface area contributed by atoms with Crippen molar-refractivity contribution in [2.24, 2.45) is 0 Å². The number of hydrogen-bond acceptors (Lipinski definition) is 3. The Morgan fingerprint density at radius 2 is 1.19 bits per heavy atom. The highest BCUT2D eigenvalue weighted by atomic mass is 19.4. The Kier molecular flexibility index (Phi) is 10.8. The van der Waals surface area contributed by atoms with E-state index in [2.05, 4.69) is 6.92 Å². The van der Waals surface area contributed by atoms with Crippen LogP contribution in [0.3, 0.4) is 0 Å². The van der Waals surface area contributed by atoms with Crippen molar-refractivity contribution in [1.82, 2.24) is 0 Å². The number of halogens is 6. The van der Waals surface area contributed by atoms with Crippen LogP contribution in [0.5, 0.6) is 0 Å². The van der Waals surface area contributed by atoms with Crippen LogP contribution in [0.4, 0.5) is 26.3 Å². The molecule has 0 amide bonds. The molecule has 1 N–H and O–H groups in total. The van der Waals surface area contributed by atoms with Gasteiger partial charge in [-0.25, -0.2) is 0 Å². The van der Waals surface area contributed by atoms with Crippen molar-refractivity contribution in [3.63, 3.8) is 0 Å². The molecule has 0 aliphatic rings. The van der Waals surface area contributed by atoms with Crippen LogP contribution in [-0.2, 0) is 21.8 Å². The Bertz CT molecular complexity index is 619. The van der Waals surface area contributed by atoms with Gasteiger partial charge in [0.2, 0.25) is 0 Å². The first-order valence-electron chi connectivity index (χ1n) is 10.7. The van der Waals surface area contributed by atoms with E-state index in [4.69, 9.17) is 9.47 Å². The Hall–Kier alpha value is -1.32. The van der Waals surface area contributed by atoms with Gasteiger partial charge in [-0.05, 0) is 44.0 Å². The first-order valence-corrected chi connectivity index (χ1v) is 10.7. The van der Waals surface area contributed by atoms with Gasteiger partial charge in [-0.15, -0.1) is 0 Å². The van der Waals surface area contributed by atoms with Crippen LogP contribution in [0, 0.1) is 0 Å². The molecule has 1 rings (SSSR count). The highest BCUT2D eigenvalue weighted by Crippen LogP contribution is 2.42. The molecule has 0 radical (unpaired) electrons. The predicted octanol–water partition coefficient (Wildman–Crippen LogP) is 7.28. The van der Waals surface area contributed by atoms with Crippen molar-refractivity contribution < 1.29 is 40.9 Å². The van der Waals surface area contributed by atoms with Gasteiger partial charge in [0.05, 0.1) is 17.0 Å². The topological polar surface area (TPSA) is 38.7 Å². The summed E-state index contributed by atoms with van der Waals surface area (Å²) in [5.41, 5.74) is -3.18. The molecule has 3 nitrogen and oxygen atoms in total. The Morgan fingerprint density at radius 1 is 0.742 bits per heavy atom. The molecule has 1 aromatic rings. The van der Waals surface area contributed by atoms with Crippen LogP contribution >= 0.6 is 0 Å². The van der Waals surface area contributed by atoms with Crippen molar-refractivity contribution in [3.05, 3.63) is 34.9 Å². The van der Waals surface area contributed by atoms with Crippen molar-refractivity contribution in [1.29, 1.82) is 0 Å². The van der Waals surface area contributed by atoms with E-state index in [0.717, 1.165) is 32.1 Å². The first-order chi connectivity index (χ1) is 14.4. The number of alkyl halides is 6. The van der Waals surface area contributed by atoms with E-state index in [-0.39, 0.29) is 31.3 Å². The number of benzene rings is 1. The fourth-order valence-electron chi connectivity index (χ4n) is 3.53. The Morgan fingerprint density at radius 3 is 1.61 bits per heavy atom. The molecule has 1 aromatic carbocycles. The molecule has 0 bridgehead atoms. The van der Waals surface area contributed by atoms with Crippen molar-refractivity contribution >= 4 is 0 Å². The lowest BCUT2D eigenvalue weighted by atomic mass is 9.88. The summed E-state index contributed by atoms with van der Waals surface area (Å²) in [6.07, 6.45) is -4.64. The summed E-state index contributed by atoms with van der Waals surface area (Å²) in [5.74, 6) is -3.55. The second kappa shape index (κ2) is 12.1. The number of ether oxygens (including phenoxy) is 2. The van der Waals surface area contributed by atoms with Crippen LogP contribution < -0.4 is 0 Å². The third-order valence-electron chi connectivity index (χ3n) is 5.00. The van der Waals surface area contributed by atoms with Gasteiger partial charge < -0.3 is 14.6 Å². The molecule has 31 heavy (non-hydrogen) atoms. The van der Waals surface area contributed by atoms with Gasteiger partial charge >= 0.3 is 12.4 Å². The van der Waals surface area contributed by atoms with E-state index >= 15 is 0 Å². The maximum Gasteiger partial charge on any atom is 0.416 e. The van der Waals surface area contributed by atoms with Crippen molar-refractivity contribution in [2.45, 2.75) is 90.0 Å².